The molecule has 0 spiro atoms. The van der Waals surface area contributed by atoms with Crippen molar-refractivity contribution in [2.24, 2.45) is 0 Å². The zero-order valence-corrected chi connectivity index (χ0v) is 15.8. The molecule has 152 valence electrons. The van der Waals surface area contributed by atoms with E-state index in [0.29, 0.717) is 16.5 Å². The number of nitrogens with one attached hydrogen (secondary N) is 2. The van der Waals surface area contributed by atoms with Gasteiger partial charge in [0.2, 0.25) is 5.91 Å². The molecule has 0 bridgehead atoms. The maximum Gasteiger partial charge on any atom is 0.418 e. The molecule has 1 aliphatic rings. The molecule has 4 amide bonds. The number of halogens is 4. The fourth-order valence-electron chi connectivity index (χ4n) is 3.00. The zero-order chi connectivity index (χ0) is 21.4. The summed E-state index contributed by atoms with van der Waals surface area (Å²) in [5.74, 6) is -1.64. The largest absolute Gasteiger partial charge is 0.418 e. The molecule has 1 saturated heterocycles. The van der Waals surface area contributed by atoms with Gasteiger partial charge >= 0.3 is 12.2 Å². The number of imide groups is 1. The maximum absolute atomic E-state index is 13.2. The maximum atomic E-state index is 13.2. The number of carbonyl (C=O) groups excluding carboxylic acids is 3. The fourth-order valence-corrected chi connectivity index (χ4v) is 3.17. The van der Waals surface area contributed by atoms with Gasteiger partial charge in [-0.05, 0) is 30.7 Å². The van der Waals surface area contributed by atoms with Gasteiger partial charge in [0, 0.05) is 5.02 Å². The lowest BCUT2D eigenvalue weighted by Crippen LogP contribution is -2.42. The molecular weight excluding hydrogens is 411 g/mol. The molecule has 1 atom stereocenters. The van der Waals surface area contributed by atoms with Crippen molar-refractivity contribution in [3.05, 3.63) is 64.7 Å². The molecule has 29 heavy (non-hydrogen) atoms. The van der Waals surface area contributed by atoms with Crippen molar-refractivity contribution < 1.29 is 27.6 Å². The van der Waals surface area contributed by atoms with Crippen LogP contribution in [0.4, 0.5) is 23.7 Å². The molecule has 10 heteroatoms. The third-order valence-electron chi connectivity index (χ3n) is 4.49. The fraction of sp³-hybridized carbons (Fsp3) is 0.211. The van der Waals surface area contributed by atoms with Gasteiger partial charge in [0.1, 0.15) is 12.1 Å². The van der Waals surface area contributed by atoms with Crippen LogP contribution in [0.5, 0.6) is 0 Å². The molecule has 1 aliphatic heterocycles. The highest BCUT2D eigenvalue weighted by molar-refractivity contribution is 6.30. The standard InChI is InChI=1S/C19H15ClF3N3O3/c1-18(11-5-3-2-4-6-11)16(28)26(17(29)25-18)10-15(27)24-14-8-7-12(20)9-13(14)19(21,22)23/h2-9H,10H2,1H3,(H,24,27)(H,25,29). The summed E-state index contributed by atoms with van der Waals surface area (Å²) in [6.45, 7) is 0.744. The Kier molecular flexibility index (Phi) is 5.27. The van der Waals surface area contributed by atoms with Gasteiger partial charge in [-0.3, -0.25) is 14.5 Å². The first kappa shape index (κ1) is 20.7. The van der Waals surface area contributed by atoms with Gasteiger partial charge < -0.3 is 10.6 Å². The summed E-state index contributed by atoms with van der Waals surface area (Å²) in [5, 5.41) is 4.46. The van der Waals surface area contributed by atoms with Crippen LogP contribution in [0.15, 0.2) is 48.5 Å². The quantitative estimate of drug-likeness (QED) is 0.732. The number of anilines is 1. The van der Waals surface area contributed by atoms with E-state index in [1.54, 1.807) is 30.3 Å². The van der Waals surface area contributed by atoms with Crippen molar-refractivity contribution in [2.75, 3.05) is 11.9 Å². The van der Waals surface area contributed by atoms with E-state index < -0.39 is 47.4 Å². The molecule has 1 heterocycles. The van der Waals surface area contributed by atoms with Gasteiger partial charge in [-0.15, -0.1) is 0 Å². The number of nitrogens with zero attached hydrogens (tertiary/aromatic N) is 1. The van der Waals surface area contributed by atoms with Crippen molar-refractivity contribution in [3.8, 4) is 0 Å². The molecule has 1 unspecified atom stereocenters. The highest BCUT2D eigenvalue weighted by Gasteiger charge is 2.49. The first-order valence-corrected chi connectivity index (χ1v) is 8.76. The number of hydrogen-bond donors (Lipinski definition) is 2. The van der Waals surface area contributed by atoms with Crippen molar-refractivity contribution in [1.29, 1.82) is 0 Å². The normalized spacial score (nSPS) is 19.3. The van der Waals surface area contributed by atoms with Crippen LogP contribution < -0.4 is 10.6 Å². The number of hydrogen-bond acceptors (Lipinski definition) is 3. The van der Waals surface area contributed by atoms with Crippen molar-refractivity contribution in [1.82, 2.24) is 10.2 Å². The third kappa shape index (κ3) is 4.04. The van der Waals surface area contributed by atoms with Crippen LogP contribution in [-0.2, 0) is 21.3 Å². The van der Waals surface area contributed by atoms with E-state index in [9.17, 15) is 27.6 Å². The summed E-state index contributed by atoms with van der Waals surface area (Å²) in [5.41, 5.74) is -2.52. The van der Waals surface area contributed by atoms with Crippen LogP contribution in [0.1, 0.15) is 18.1 Å². The second-order valence-corrected chi connectivity index (χ2v) is 6.98. The van der Waals surface area contributed by atoms with E-state index in [1.807, 2.05) is 0 Å². The molecular formula is C19H15ClF3N3O3. The molecule has 1 fully saturated rings. The lowest BCUT2D eigenvalue weighted by molar-refractivity contribution is -0.137. The Morgan fingerprint density at radius 2 is 1.83 bits per heavy atom. The van der Waals surface area contributed by atoms with Gasteiger partial charge in [-0.2, -0.15) is 13.2 Å². The van der Waals surface area contributed by atoms with Gasteiger partial charge in [-0.25, -0.2) is 4.79 Å². The summed E-state index contributed by atoms with van der Waals surface area (Å²) in [7, 11) is 0. The number of alkyl halides is 3. The Bertz CT molecular complexity index is 982. The average molecular weight is 426 g/mol. The van der Waals surface area contributed by atoms with Gasteiger partial charge in [-0.1, -0.05) is 41.9 Å². The summed E-state index contributed by atoms with van der Waals surface area (Å²) >= 11 is 5.61. The molecule has 0 aliphatic carbocycles. The lowest BCUT2D eigenvalue weighted by atomic mass is 9.92. The molecule has 6 nitrogen and oxygen atoms in total. The first-order valence-electron chi connectivity index (χ1n) is 8.38. The number of carbonyl (C=O) groups is 3. The zero-order valence-electron chi connectivity index (χ0n) is 15.0. The first-order chi connectivity index (χ1) is 13.5. The van der Waals surface area contributed by atoms with E-state index in [4.69, 9.17) is 11.6 Å². The minimum atomic E-state index is -4.75. The topological polar surface area (TPSA) is 78.5 Å². The summed E-state index contributed by atoms with van der Waals surface area (Å²) in [6, 6.07) is 10.5. The van der Waals surface area contributed by atoms with E-state index >= 15 is 0 Å². The second-order valence-electron chi connectivity index (χ2n) is 6.55. The van der Waals surface area contributed by atoms with Crippen LogP contribution in [0.3, 0.4) is 0 Å². The van der Waals surface area contributed by atoms with Crippen molar-refractivity contribution in [3.63, 3.8) is 0 Å². The molecule has 0 radical (unpaired) electrons. The number of amides is 4. The molecule has 2 N–H and O–H groups in total. The Morgan fingerprint density at radius 1 is 1.17 bits per heavy atom. The smallest absolute Gasteiger partial charge is 0.324 e. The SMILES string of the molecule is CC1(c2ccccc2)NC(=O)N(CC(=O)Nc2ccc(Cl)cc2C(F)(F)F)C1=O. The third-order valence-corrected chi connectivity index (χ3v) is 4.72. The van der Waals surface area contributed by atoms with Crippen LogP contribution in [0.2, 0.25) is 5.02 Å². The van der Waals surface area contributed by atoms with Gasteiger partial charge in [0.15, 0.2) is 0 Å². The highest BCUT2D eigenvalue weighted by Crippen LogP contribution is 2.36. The molecule has 3 rings (SSSR count). The van der Waals surface area contributed by atoms with Crippen LogP contribution >= 0.6 is 11.6 Å². The molecule has 2 aromatic carbocycles. The van der Waals surface area contributed by atoms with Crippen LogP contribution in [0, 0.1) is 0 Å². The highest BCUT2D eigenvalue weighted by atomic mass is 35.5. The predicted molar refractivity (Wildman–Crippen MR) is 99.1 cm³/mol. The summed E-state index contributed by atoms with van der Waals surface area (Å²) in [6.07, 6.45) is -4.75. The predicted octanol–water partition coefficient (Wildman–Crippen LogP) is 3.76. The van der Waals surface area contributed by atoms with Crippen LogP contribution in [0.25, 0.3) is 0 Å². The lowest BCUT2D eigenvalue weighted by Gasteiger charge is -2.22. The Hall–Kier alpha value is -3.07. The van der Waals surface area contributed by atoms with Crippen molar-refractivity contribution >= 4 is 35.1 Å². The molecule has 0 saturated carbocycles. The van der Waals surface area contributed by atoms with Gasteiger partial charge in [0.25, 0.3) is 5.91 Å². The number of urea groups is 1. The summed E-state index contributed by atoms with van der Waals surface area (Å²) in [4.78, 5) is 38.0. The van der Waals surface area contributed by atoms with E-state index in [1.165, 1.54) is 13.0 Å². The molecule has 2 aromatic rings. The Morgan fingerprint density at radius 3 is 2.45 bits per heavy atom. The van der Waals surface area contributed by atoms with E-state index in [0.717, 1.165) is 6.07 Å². The van der Waals surface area contributed by atoms with E-state index in [2.05, 4.69) is 10.6 Å². The van der Waals surface area contributed by atoms with E-state index in [-0.39, 0.29) is 5.02 Å². The Labute approximate surface area is 168 Å². The second kappa shape index (κ2) is 7.40. The number of rotatable bonds is 4. The molecule has 0 aromatic heterocycles. The van der Waals surface area contributed by atoms with Crippen molar-refractivity contribution in [2.45, 2.75) is 18.6 Å². The average Bonchev–Trinajstić information content (AvgIpc) is 2.87. The minimum absolute atomic E-state index is 0.150. The minimum Gasteiger partial charge on any atom is -0.324 e. The van der Waals surface area contributed by atoms with Crippen LogP contribution in [-0.4, -0.2) is 29.3 Å². The monoisotopic (exact) mass is 425 g/mol. The van der Waals surface area contributed by atoms with Gasteiger partial charge in [0.05, 0.1) is 11.3 Å². The number of benzene rings is 2. The Balaban J connectivity index is 1.79. The summed E-state index contributed by atoms with van der Waals surface area (Å²) < 4.78 is 39.5.